The summed E-state index contributed by atoms with van der Waals surface area (Å²) in [7, 11) is 0. The summed E-state index contributed by atoms with van der Waals surface area (Å²) in [5.74, 6) is 0. The van der Waals surface area contributed by atoms with E-state index in [-0.39, 0.29) is 0 Å². The van der Waals surface area contributed by atoms with E-state index in [0.29, 0.717) is 0 Å². The zero-order valence-electron chi connectivity index (χ0n) is 3.31. The molecule has 0 bridgehead atoms. The lowest BCUT2D eigenvalue weighted by molar-refractivity contribution is 1.06. The van der Waals surface area contributed by atoms with Gasteiger partial charge in [0.25, 0.3) is 0 Å². The van der Waals surface area contributed by atoms with Crippen LogP contribution in [0.25, 0.3) is 0 Å². The minimum absolute atomic E-state index is 1.02. The van der Waals surface area contributed by atoms with Gasteiger partial charge in [-0.1, -0.05) is 0 Å². The van der Waals surface area contributed by atoms with Crippen molar-refractivity contribution in [1.29, 1.82) is 0 Å². The van der Waals surface area contributed by atoms with E-state index in [4.69, 9.17) is 0 Å². The molecule has 0 spiro atoms. The van der Waals surface area contributed by atoms with E-state index in [1.165, 1.54) is 0 Å². The average Bonchev–Trinajstić information content (AvgIpc) is 1.87. The van der Waals surface area contributed by atoms with Crippen molar-refractivity contribution in [3.8, 4) is 0 Å². The highest BCUT2D eigenvalue weighted by Gasteiger charge is 1.85. The molecule has 38 valence electrons. The molecule has 1 aromatic heterocycles. The van der Waals surface area contributed by atoms with Crippen molar-refractivity contribution in [2.24, 2.45) is 0 Å². The van der Waals surface area contributed by atoms with Crippen LogP contribution in [0.2, 0.25) is 0 Å². The molecule has 0 saturated carbocycles. The van der Waals surface area contributed by atoms with Gasteiger partial charge in [-0.25, -0.2) is 2.90 Å². The minimum Gasteiger partial charge on any atom is -0.210 e. The van der Waals surface area contributed by atoms with Gasteiger partial charge in [0.15, 0.2) is 0 Å². The Kier molecular flexibility index (Phi) is 1.69. The fourth-order valence-corrected chi connectivity index (χ4v) is 1.37. The molecular weight excluding hydrogens is 271 g/mol. The summed E-state index contributed by atoms with van der Waals surface area (Å²) in [6.45, 7) is 0. The molecule has 0 saturated heterocycles. The lowest BCUT2D eigenvalue weighted by Gasteiger charge is -1.73. The first kappa shape index (κ1) is 5.55. The minimum atomic E-state index is 1.02. The van der Waals surface area contributed by atoms with Gasteiger partial charge in [0.2, 0.25) is 0 Å². The number of rotatable bonds is 0. The van der Waals surface area contributed by atoms with E-state index in [1.54, 1.807) is 9.09 Å². The molecule has 1 rings (SSSR count). The Hall–Kier alpha value is 0.420. The maximum atomic E-state index is 3.87. The van der Waals surface area contributed by atoms with Crippen LogP contribution in [-0.4, -0.2) is 7.99 Å². The molecule has 0 N–H and O–H groups in total. The Morgan fingerprint density at radius 2 is 2.57 bits per heavy atom. The van der Waals surface area contributed by atoms with Crippen LogP contribution in [0.15, 0.2) is 16.9 Å². The smallest absolute Gasteiger partial charge is 0.0843 e. The van der Waals surface area contributed by atoms with Crippen LogP contribution in [0.1, 0.15) is 0 Å². The number of aromatic nitrogens is 2. The molecule has 0 unspecified atom stereocenters. The Labute approximate surface area is 63.5 Å². The SMILES string of the molecule is Brc1cnn(I)c1. The summed E-state index contributed by atoms with van der Waals surface area (Å²) < 4.78 is 2.73. The molecule has 4 heteroatoms. The summed E-state index contributed by atoms with van der Waals surface area (Å²) >= 11 is 5.32. The van der Waals surface area contributed by atoms with Crippen molar-refractivity contribution >= 4 is 38.8 Å². The van der Waals surface area contributed by atoms with E-state index >= 15 is 0 Å². The molecule has 2 nitrogen and oxygen atoms in total. The molecule has 0 radical (unpaired) electrons. The van der Waals surface area contributed by atoms with Gasteiger partial charge >= 0.3 is 0 Å². The Bertz CT molecular complexity index is 145. The first-order chi connectivity index (χ1) is 3.29. The second-order valence-electron chi connectivity index (χ2n) is 1.05. The summed E-state index contributed by atoms with van der Waals surface area (Å²) in [4.78, 5) is 0. The Morgan fingerprint density at radius 3 is 2.71 bits per heavy atom. The number of nitrogens with zero attached hydrogens (tertiary/aromatic N) is 2. The predicted octanol–water partition coefficient (Wildman–Crippen LogP) is 1.84. The molecule has 0 amide bonds. The molecule has 0 atom stereocenters. The van der Waals surface area contributed by atoms with Gasteiger partial charge in [-0.2, -0.15) is 5.10 Å². The average molecular weight is 273 g/mol. The summed E-state index contributed by atoms with van der Waals surface area (Å²) in [6, 6.07) is 0. The van der Waals surface area contributed by atoms with Crippen LogP contribution in [0.3, 0.4) is 0 Å². The molecule has 1 heterocycles. The maximum absolute atomic E-state index is 3.87. The van der Waals surface area contributed by atoms with E-state index in [9.17, 15) is 0 Å². The van der Waals surface area contributed by atoms with Crippen molar-refractivity contribution in [1.82, 2.24) is 7.99 Å². The second kappa shape index (κ2) is 2.13. The monoisotopic (exact) mass is 272 g/mol. The van der Waals surface area contributed by atoms with Crippen LogP contribution in [0.5, 0.6) is 0 Å². The predicted molar refractivity (Wildman–Crippen MR) is 39.3 cm³/mol. The lowest BCUT2D eigenvalue weighted by atomic mass is 10.8. The van der Waals surface area contributed by atoms with Crippen molar-refractivity contribution in [2.75, 3.05) is 0 Å². The van der Waals surface area contributed by atoms with Crippen molar-refractivity contribution in [3.63, 3.8) is 0 Å². The lowest BCUT2D eigenvalue weighted by Crippen LogP contribution is -1.71. The van der Waals surface area contributed by atoms with E-state index in [0.717, 1.165) is 4.47 Å². The number of hydrogen-bond donors (Lipinski definition) is 0. The number of halogens is 2. The third kappa shape index (κ3) is 1.41. The van der Waals surface area contributed by atoms with Crippen LogP contribution < -0.4 is 0 Å². The van der Waals surface area contributed by atoms with Crippen molar-refractivity contribution in [2.45, 2.75) is 0 Å². The molecule has 0 aromatic carbocycles. The van der Waals surface area contributed by atoms with E-state index in [2.05, 4.69) is 43.9 Å². The summed E-state index contributed by atoms with van der Waals surface area (Å²) in [5, 5.41) is 3.87. The third-order valence-corrected chi connectivity index (χ3v) is 1.46. The summed E-state index contributed by atoms with van der Waals surface area (Å²) in [5.41, 5.74) is 0. The van der Waals surface area contributed by atoms with Crippen LogP contribution >= 0.6 is 38.8 Å². The molecular formula is C3H2BrIN2. The zero-order chi connectivity index (χ0) is 5.28. The largest absolute Gasteiger partial charge is 0.210 e. The summed E-state index contributed by atoms with van der Waals surface area (Å²) in [6.07, 6.45) is 3.62. The van der Waals surface area contributed by atoms with Gasteiger partial charge < -0.3 is 0 Å². The van der Waals surface area contributed by atoms with Crippen LogP contribution in [0.4, 0.5) is 0 Å². The van der Waals surface area contributed by atoms with Crippen LogP contribution in [-0.2, 0) is 0 Å². The fourth-order valence-electron chi connectivity index (χ4n) is 0.279. The first-order valence-electron chi connectivity index (χ1n) is 1.65. The maximum Gasteiger partial charge on any atom is 0.0843 e. The second-order valence-corrected chi connectivity index (χ2v) is 2.95. The highest BCUT2D eigenvalue weighted by atomic mass is 127. The first-order valence-corrected chi connectivity index (χ1v) is 3.41. The normalized spacial score (nSPS) is 9.43. The topological polar surface area (TPSA) is 17.8 Å². The quantitative estimate of drug-likeness (QED) is 0.659. The number of hydrogen-bond acceptors (Lipinski definition) is 1. The van der Waals surface area contributed by atoms with Gasteiger partial charge in [0.1, 0.15) is 0 Å². The molecule has 7 heavy (non-hydrogen) atoms. The molecule has 0 aliphatic heterocycles. The van der Waals surface area contributed by atoms with Crippen LogP contribution in [0, 0.1) is 0 Å². The molecule has 0 aliphatic rings. The van der Waals surface area contributed by atoms with Gasteiger partial charge in [-0.3, -0.25) is 0 Å². The van der Waals surface area contributed by atoms with E-state index in [1.807, 2.05) is 6.20 Å². The molecule has 0 aliphatic carbocycles. The van der Waals surface area contributed by atoms with Crippen molar-refractivity contribution in [3.05, 3.63) is 16.9 Å². The fraction of sp³-hybridized carbons (Fsp3) is 0. The molecule has 1 aromatic rings. The van der Waals surface area contributed by atoms with Gasteiger partial charge in [-0.15, -0.1) is 0 Å². The highest BCUT2D eigenvalue weighted by Crippen LogP contribution is 2.07. The standard InChI is InChI=1S/C3H2BrIN2/c4-3-1-6-7(5)2-3/h1-2H. The van der Waals surface area contributed by atoms with Gasteiger partial charge in [0.05, 0.1) is 39.7 Å². The van der Waals surface area contributed by atoms with Gasteiger partial charge in [-0.05, 0) is 15.9 Å². The highest BCUT2D eigenvalue weighted by molar-refractivity contribution is 14.1. The van der Waals surface area contributed by atoms with E-state index < -0.39 is 0 Å². The van der Waals surface area contributed by atoms with Crippen molar-refractivity contribution < 1.29 is 0 Å². The zero-order valence-corrected chi connectivity index (χ0v) is 7.05. The third-order valence-electron chi connectivity index (χ3n) is 0.521. The van der Waals surface area contributed by atoms with Gasteiger partial charge in [0, 0.05) is 0 Å². The molecule has 0 fully saturated rings. The Balaban J connectivity index is 3.04. The Morgan fingerprint density at radius 1 is 1.86 bits per heavy atom.